The van der Waals surface area contributed by atoms with Gasteiger partial charge in [0.2, 0.25) is 0 Å². The summed E-state index contributed by atoms with van der Waals surface area (Å²) in [5, 5.41) is 12.5. The summed E-state index contributed by atoms with van der Waals surface area (Å²) in [7, 11) is 0. The Morgan fingerprint density at radius 1 is 1.19 bits per heavy atom. The van der Waals surface area contributed by atoms with Crippen molar-refractivity contribution in [2.75, 3.05) is 0 Å². The molecule has 3 nitrogen and oxygen atoms in total. The molecule has 2 N–H and O–H groups in total. The molecule has 0 aliphatic rings. The lowest BCUT2D eigenvalue weighted by atomic mass is 10.0. The molecule has 0 heterocycles. The average Bonchev–Trinajstić information content (AvgIpc) is 2.50. The predicted octanol–water partition coefficient (Wildman–Crippen LogP) is 3.93. The molecule has 0 aliphatic heterocycles. The highest BCUT2D eigenvalue weighted by Crippen LogP contribution is 2.18. The van der Waals surface area contributed by atoms with Gasteiger partial charge in [0.1, 0.15) is 0 Å². The number of aromatic carboxylic acids is 1. The molecule has 0 aromatic heterocycles. The van der Waals surface area contributed by atoms with Gasteiger partial charge in [0.25, 0.3) is 0 Å². The van der Waals surface area contributed by atoms with Gasteiger partial charge in [-0.2, -0.15) is 0 Å². The summed E-state index contributed by atoms with van der Waals surface area (Å²) in [5.41, 5.74) is 3.83. The van der Waals surface area contributed by atoms with Crippen molar-refractivity contribution in [3.05, 3.63) is 70.8 Å². The Morgan fingerprint density at radius 3 is 2.52 bits per heavy atom. The maximum atomic E-state index is 11.0. The van der Waals surface area contributed by atoms with Crippen molar-refractivity contribution in [3.63, 3.8) is 0 Å². The maximum absolute atomic E-state index is 11.0. The van der Waals surface area contributed by atoms with Crippen LogP contribution in [0.2, 0.25) is 0 Å². The van der Waals surface area contributed by atoms with Crippen LogP contribution in [0.5, 0.6) is 0 Å². The zero-order chi connectivity index (χ0) is 15.2. The predicted molar refractivity (Wildman–Crippen MR) is 84.5 cm³/mol. The molecule has 0 bridgehead atoms. The molecule has 0 fully saturated rings. The van der Waals surface area contributed by atoms with E-state index in [0.717, 1.165) is 12.0 Å². The van der Waals surface area contributed by atoms with Crippen LogP contribution in [0.25, 0.3) is 0 Å². The van der Waals surface area contributed by atoms with E-state index >= 15 is 0 Å². The molecule has 2 aromatic rings. The van der Waals surface area contributed by atoms with Crippen LogP contribution in [0, 0.1) is 6.92 Å². The van der Waals surface area contributed by atoms with Crippen molar-refractivity contribution in [2.45, 2.75) is 32.9 Å². The molecular weight excluding hydrogens is 262 g/mol. The highest BCUT2D eigenvalue weighted by molar-refractivity contribution is 5.87. The first-order valence-corrected chi connectivity index (χ1v) is 7.22. The zero-order valence-corrected chi connectivity index (χ0v) is 12.5. The molecule has 110 valence electrons. The molecule has 0 spiro atoms. The van der Waals surface area contributed by atoms with Crippen molar-refractivity contribution < 1.29 is 9.90 Å². The van der Waals surface area contributed by atoms with Gasteiger partial charge in [-0.25, -0.2) is 4.79 Å². The van der Waals surface area contributed by atoms with Crippen molar-refractivity contribution in [1.82, 2.24) is 5.32 Å². The quantitative estimate of drug-likeness (QED) is 0.844. The van der Waals surface area contributed by atoms with E-state index < -0.39 is 5.97 Å². The Morgan fingerprint density at radius 2 is 1.90 bits per heavy atom. The lowest BCUT2D eigenvalue weighted by Gasteiger charge is -2.18. The molecule has 1 unspecified atom stereocenters. The summed E-state index contributed by atoms with van der Waals surface area (Å²) in [5.74, 6) is -0.887. The third kappa shape index (κ3) is 4.17. The second kappa shape index (κ2) is 7.04. The molecular formula is C18H21NO2. The van der Waals surface area contributed by atoms with E-state index in [9.17, 15) is 4.79 Å². The van der Waals surface area contributed by atoms with Gasteiger partial charge in [-0.05, 0) is 36.6 Å². The van der Waals surface area contributed by atoms with Crippen LogP contribution in [0.1, 0.15) is 46.4 Å². The minimum Gasteiger partial charge on any atom is -0.478 e. The molecule has 3 heteroatoms. The van der Waals surface area contributed by atoms with Gasteiger partial charge in [0, 0.05) is 12.6 Å². The van der Waals surface area contributed by atoms with Crippen LogP contribution in [0.3, 0.4) is 0 Å². The molecule has 1 atom stereocenters. The Hall–Kier alpha value is -2.13. The van der Waals surface area contributed by atoms with E-state index in [-0.39, 0.29) is 6.04 Å². The van der Waals surface area contributed by atoms with Gasteiger partial charge < -0.3 is 10.4 Å². The number of hydrogen-bond acceptors (Lipinski definition) is 2. The number of carboxylic acid groups (broad SMARTS) is 1. The fourth-order valence-electron chi connectivity index (χ4n) is 2.35. The van der Waals surface area contributed by atoms with Crippen LogP contribution in [0.15, 0.2) is 48.5 Å². The van der Waals surface area contributed by atoms with Crippen LogP contribution in [0.4, 0.5) is 0 Å². The monoisotopic (exact) mass is 283 g/mol. The van der Waals surface area contributed by atoms with Gasteiger partial charge in [-0.3, -0.25) is 0 Å². The van der Waals surface area contributed by atoms with E-state index in [4.69, 9.17) is 5.11 Å². The van der Waals surface area contributed by atoms with Gasteiger partial charge >= 0.3 is 5.97 Å². The Labute approximate surface area is 125 Å². The largest absolute Gasteiger partial charge is 0.478 e. The maximum Gasteiger partial charge on any atom is 0.335 e. The van der Waals surface area contributed by atoms with Crippen molar-refractivity contribution in [2.24, 2.45) is 0 Å². The SMILES string of the molecule is CCC(NCc1cccc(C(=O)O)c1)c1ccc(C)cc1. The Kier molecular flexibility index (Phi) is 5.12. The highest BCUT2D eigenvalue weighted by atomic mass is 16.4. The number of carboxylic acids is 1. The highest BCUT2D eigenvalue weighted by Gasteiger charge is 2.09. The van der Waals surface area contributed by atoms with Gasteiger partial charge in [-0.15, -0.1) is 0 Å². The van der Waals surface area contributed by atoms with E-state index in [1.807, 2.05) is 6.07 Å². The van der Waals surface area contributed by atoms with Crippen molar-refractivity contribution >= 4 is 5.97 Å². The normalized spacial score (nSPS) is 12.1. The third-order valence-electron chi connectivity index (χ3n) is 3.61. The van der Waals surface area contributed by atoms with Gasteiger partial charge in [-0.1, -0.05) is 48.9 Å². The fraction of sp³-hybridized carbons (Fsp3) is 0.278. The number of hydrogen-bond donors (Lipinski definition) is 2. The summed E-state index contributed by atoms with van der Waals surface area (Å²) in [6.45, 7) is 4.88. The first-order chi connectivity index (χ1) is 10.1. The molecule has 0 aliphatic carbocycles. The van der Waals surface area contributed by atoms with Gasteiger partial charge in [0.15, 0.2) is 0 Å². The fourth-order valence-corrected chi connectivity index (χ4v) is 2.35. The molecule has 2 aromatic carbocycles. The topological polar surface area (TPSA) is 49.3 Å². The van der Waals surface area contributed by atoms with Crippen LogP contribution < -0.4 is 5.32 Å². The zero-order valence-electron chi connectivity index (χ0n) is 12.5. The number of rotatable bonds is 6. The first kappa shape index (κ1) is 15.3. The molecule has 0 amide bonds. The van der Waals surface area contributed by atoms with Crippen LogP contribution in [-0.2, 0) is 6.54 Å². The van der Waals surface area contributed by atoms with Crippen LogP contribution >= 0.6 is 0 Å². The van der Waals surface area contributed by atoms with Crippen molar-refractivity contribution in [3.8, 4) is 0 Å². The Bertz CT molecular complexity index is 605. The van der Waals surface area contributed by atoms with E-state index in [1.54, 1.807) is 18.2 Å². The third-order valence-corrected chi connectivity index (χ3v) is 3.61. The van der Waals surface area contributed by atoms with E-state index in [0.29, 0.717) is 12.1 Å². The van der Waals surface area contributed by atoms with Gasteiger partial charge in [0.05, 0.1) is 5.56 Å². The standard InChI is InChI=1S/C18H21NO2/c1-3-17(15-9-7-13(2)8-10-15)19-12-14-5-4-6-16(11-14)18(20)21/h4-11,17,19H,3,12H2,1-2H3,(H,20,21). The minimum absolute atomic E-state index is 0.277. The second-order valence-electron chi connectivity index (χ2n) is 5.26. The van der Waals surface area contributed by atoms with E-state index in [1.165, 1.54) is 11.1 Å². The lowest BCUT2D eigenvalue weighted by molar-refractivity contribution is 0.0696. The van der Waals surface area contributed by atoms with Crippen LogP contribution in [-0.4, -0.2) is 11.1 Å². The number of nitrogens with one attached hydrogen (secondary N) is 1. The molecule has 21 heavy (non-hydrogen) atoms. The Balaban J connectivity index is 2.04. The second-order valence-corrected chi connectivity index (χ2v) is 5.26. The number of carbonyl (C=O) groups is 1. The molecule has 2 rings (SSSR count). The van der Waals surface area contributed by atoms with Crippen molar-refractivity contribution in [1.29, 1.82) is 0 Å². The van der Waals surface area contributed by atoms with E-state index in [2.05, 4.69) is 43.4 Å². The smallest absolute Gasteiger partial charge is 0.335 e. The summed E-state index contributed by atoms with van der Waals surface area (Å²) >= 11 is 0. The number of benzene rings is 2. The molecule has 0 saturated heterocycles. The molecule has 0 radical (unpaired) electrons. The summed E-state index contributed by atoms with van der Waals surface area (Å²) in [6.07, 6.45) is 0.988. The summed E-state index contributed by atoms with van der Waals surface area (Å²) in [4.78, 5) is 11.0. The number of aryl methyl sites for hydroxylation is 1. The lowest BCUT2D eigenvalue weighted by Crippen LogP contribution is -2.20. The molecule has 0 saturated carbocycles. The minimum atomic E-state index is -0.887. The first-order valence-electron chi connectivity index (χ1n) is 7.22. The summed E-state index contributed by atoms with van der Waals surface area (Å²) < 4.78 is 0. The summed E-state index contributed by atoms with van der Waals surface area (Å²) in [6, 6.07) is 15.9. The average molecular weight is 283 g/mol.